The van der Waals surface area contributed by atoms with Gasteiger partial charge in [0.05, 0.1) is 19.8 Å². The summed E-state index contributed by atoms with van der Waals surface area (Å²) in [6.07, 6.45) is -0.206. The first-order valence-electron chi connectivity index (χ1n) is 7.62. The minimum absolute atomic E-state index is 0.190. The van der Waals surface area contributed by atoms with Gasteiger partial charge >= 0.3 is 5.97 Å². The Kier molecular flexibility index (Phi) is 6.28. The summed E-state index contributed by atoms with van der Waals surface area (Å²) in [5, 5.41) is 8.33. The van der Waals surface area contributed by atoms with Gasteiger partial charge < -0.3 is 25.4 Å². The first-order chi connectivity index (χ1) is 11.5. The minimum Gasteiger partial charge on any atom is -0.468 e. The summed E-state index contributed by atoms with van der Waals surface area (Å²) in [5.74, 6) is -1.11. The Labute approximate surface area is 139 Å². The quantitative estimate of drug-likeness (QED) is 0.649. The van der Waals surface area contributed by atoms with E-state index in [2.05, 4.69) is 20.7 Å². The molecule has 0 aliphatic carbocycles. The minimum atomic E-state index is -0.524. The summed E-state index contributed by atoms with van der Waals surface area (Å²) in [6, 6.07) is 5.97. The van der Waals surface area contributed by atoms with Gasteiger partial charge in [-0.1, -0.05) is 0 Å². The number of carbonyl (C=O) groups excluding carboxylic acids is 3. The van der Waals surface area contributed by atoms with Gasteiger partial charge in [0.25, 0.3) is 5.91 Å². The number of rotatable bonds is 5. The number of methoxy groups -OCH3 is 1. The number of benzene rings is 1. The number of amides is 2. The maximum absolute atomic E-state index is 12.2. The van der Waals surface area contributed by atoms with Gasteiger partial charge in [-0.05, 0) is 31.2 Å². The number of nitrogens with one attached hydrogen (secondary N) is 3. The maximum Gasteiger partial charge on any atom is 0.325 e. The summed E-state index contributed by atoms with van der Waals surface area (Å²) in [4.78, 5) is 35.1. The van der Waals surface area contributed by atoms with Crippen LogP contribution in [0.2, 0.25) is 0 Å². The van der Waals surface area contributed by atoms with E-state index < -0.39 is 17.9 Å². The fourth-order valence-electron chi connectivity index (χ4n) is 2.28. The number of anilines is 1. The summed E-state index contributed by atoms with van der Waals surface area (Å²) in [7, 11) is 1.25. The van der Waals surface area contributed by atoms with E-state index in [0.717, 1.165) is 0 Å². The third-order valence-electron chi connectivity index (χ3n) is 3.63. The predicted molar refractivity (Wildman–Crippen MR) is 86.6 cm³/mol. The van der Waals surface area contributed by atoms with Gasteiger partial charge in [0.2, 0.25) is 5.91 Å². The van der Waals surface area contributed by atoms with Crippen LogP contribution in [0.1, 0.15) is 17.3 Å². The van der Waals surface area contributed by atoms with Crippen LogP contribution in [-0.4, -0.2) is 56.7 Å². The molecule has 1 heterocycles. The van der Waals surface area contributed by atoms with E-state index in [1.807, 2.05) is 6.92 Å². The highest BCUT2D eigenvalue weighted by Crippen LogP contribution is 2.12. The Morgan fingerprint density at radius 3 is 2.62 bits per heavy atom. The van der Waals surface area contributed by atoms with Crippen LogP contribution in [0, 0.1) is 0 Å². The number of hydrogen-bond acceptors (Lipinski definition) is 6. The molecule has 1 aromatic carbocycles. The molecule has 2 rings (SSSR count). The number of morpholine rings is 1. The largest absolute Gasteiger partial charge is 0.468 e. The van der Waals surface area contributed by atoms with Crippen molar-refractivity contribution in [3.8, 4) is 0 Å². The van der Waals surface area contributed by atoms with E-state index in [9.17, 15) is 14.4 Å². The van der Waals surface area contributed by atoms with Crippen LogP contribution in [0.25, 0.3) is 0 Å². The molecule has 0 unspecified atom stereocenters. The van der Waals surface area contributed by atoms with Crippen molar-refractivity contribution >= 4 is 23.5 Å². The van der Waals surface area contributed by atoms with Crippen molar-refractivity contribution in [3.63, 3.8) is 0 Å². The lowest BCUT2D eigenvalue weighted by atomic mass is 10.1. The van der Waals surface area contributed by atoms with Gasteiger partial charge in [-0.25, -0.2) is 0 Å². The molecule has 0 bridgehead atoms. The normalized spacial score (nSPS) is 20.1. The lowest BCUT2D eigenvalue weighted by molar-refractivity contribution is -0.139. The van der Waals surface area contributed by atoms with Crippen molar-refractivity contribution in [2.75, 3.05) is 32.1 Å². The van der Waals surface area contributed by atoms with Crippen LogP contribution in [-0.2, 0) is 19.1 Å². The first kappa shape index (κ1) is 17.9. The third kappa shape index (κ3) is 4.77. The van der Waals surface area contributed by atoms with E-state index in [-0.39, 0.29) is 18.6 Å². The molecule has 1 aromatic rings. The van der Waals surface area contributed by atoms with Crippen molar-refractivity contribution < 1.29 is 23.9 Å². The van der Waals surface area contributed by atoms with Crippen LogP contribution in [0.15, 0.2) is 24.3 Å². The number of ether oxygens (including phenoxy) is 2. The second-order valence-corrected chi connectivity index (χ2v) is 5.33. The van der Waals surface area contributed by atoms with Crippen molar-refractivity contribution in [2.24, 2.45) is 0 Å². The van der Waals surface area contributed by atoms with E-state index in [1.165, 1.54) is 7.11 Å². The first-order valence-corrected chi connectivity index (χ1v) is 7.62. The van der Waals surface area contributed by atoms with Crippen LogP contribution in [0.4, 0.5) is 5.69 Å². The molecular formula is C16H21N3O5. The van der Waals surface area contributed by atoms with Crippen LogP contribution >= 0.6 is 0 Å². The Morgan fingerprint density at radius 2 is 2.00 bits per heavy atom. The molecule has 1 fully saturated rings. The summed E-state index contributed by atoms with van der Waals surface area (Å²) in [5.41, 5.74) is 0.952. The smallest absolute Gasteiger partial charge is 0.325 e. The highest BCUT2D eigenvalue weighted by atomic mass is 16.5. The van der Waals surface area contributed by atoms with E-state index in [1.54, 1.807) is 24.3 Å². The van der Waals surface area contributed by atoms with E-state index >= 15 is 0 Å². The second-order valence-electron chi connectivity index (χ2n) is 5.33. The van der Waals surface area contributed by atoms with Crippen LogP contribution < -0.4 is 16.0 Å². The van der Waals surface area contributed by atoms with Gasteiger partial charge in [0, 0.05) is 17.8 Å². The second kappa shape index (κ2) is 8.42. The average Bonchev–Trinajstić information content (AvgIpc) is 2.60. The highest BCUT2D eigenvalue weighted by molar-refractivity contribution is 5.98. The Hall–Kier alpha value is -2.45. The van der Waals surface area contributed by atoms with Gasteiger partial charge in [0.1, 0.15) is 12.6 Å². The molecule has 1 saturated heterocycles. The lowest BCUT2D eigenvalue weighted by Gasteiger charge is -2.29. The Morgan fingerprint density at radius 1 is 1.29 bits per heavy atom. The van der Waals surface area contributed by atoms with Crippen LogP contribution in [0.3, 0.4) is 0 Å². The molecule has 1 aliphatic heterocycles. The van der Waals surface area contributed by atoms with Gasteiger partial charge in [-0.3, -0.25) is 14.4 Å². The SMILES string of the molecule is COC(=O)CNC(=O)c1ccc(NC(=O)[C@H]2NCCO[C@@H]2C)cc1. The van der Waals surface area contributed by atoms with Crippen molar-refractivity contribution in [2.45, 2.75) is 19.1 Å². The number of esters is 1. The number of carbonyl (C=O) groups is 3. The fraction of sp³-hybridized carbons (Fsp3) is 0.438. The molecule has 130 valence electrons. The zero-order valence-electron chi connectivity index (χ0n) is 13.6. The zero-order valence-corrected chi connectivity index (χ0v) is 13.6. The van der Waals surface area contributed by atoms with Gasteiger partial charge in [-0.15, -0.1) is 0 Å². The summed E-state index contributed by atoms with van der Waals surface area (Å²) >= 11 is 0. The molecule has 2 atom stereocenters. The number of hydrogen-bond donors (Lipinski definition) is 3. The molecule has 2 amide bonds. The maximum atomic E-state index is 12.2. The Balaban J connectivity index is 1.90. The molecule has 0 saturated carbocycles. The molecule has 3 N–H and O–H groups in total. The van der Waals surface area contributed by atoms with Crippen molar-refractivity contribution in [1.82, 2.24) is 10.6 Å². The topological polar surface area (TPSA) is 106 Å². The molecule has 0 radical (unpaired) electrons. The molecule has 0 aromatic heterocycles. The van der Waals surface area contributed by atoms with Gasteiger partial charge in [-0.2, -0.15) is 0 Å². The molecule has 8 heteroatoms. The molecule has 1 aliphatic rings. The third-order valence-corrected chi connectivity index (χ3v) is 3.63. The van der Waals surface area contributed by atoms with E-state index in [0.29, 0.717) is 24.4 Å². The summed E-state index contributed by atoms with van der Waals surface area (Å²) in [6.45, 7) is 2.85. The Bertz CT molecular complexity index is 602. The zero-order chi connectivity index (χ0) is 17.5. The van der Waals surface area contributed by atoms with Crippen molar-refractivity contribution in [1.29, 1.82) is 0 Å². The highest BCUT2D eigenvalue weighted by Gasteiger charge is 2.28. The molecule has 24 heavy (non-hydrogen) atoms. The summed E-state index contributed by atoms with van der Waals surface area (Å²) < 4.78 is 9.89. The average molecular weight is 335 g/mol. The fourth-order valence-corrected chi connectivity index (χ4v) is 2.28. The molecular weight excluding hydrogens is 314 g/mol. The van der Waals surface area contributed by atoms with Gasteiger partial charge in [0.15, 0.2) is 0 Å². The van der Waals surface area contributed by atoms with Crippen molar-refractivity contribution in [3.05, 3.63) is 29.8 Å². The molecule has 0 spiro atoms. The van der Waals surface area contributed by atoms with Crippen LogP contribution in [0.5, 0.6) is 0 Å². The van der Waals surface area contributed by atoms with E-state index in [4.69, 9.17) is 4.74 Å². The standard InChI is InChI=1S/C16H21N3O5/c1-10-14(17-7-8-24-10)16(22)19-12-5-3-11(4-6-12)15(21)18-9-13(20)23-2/h3-6,10,14,17H,7-9H2,1-2H3,(H,18,21)(H,19,22)/t10-,14+/m1/s1. The monoisotopic (exact) mass is 335 g/mol. The predicted octanol–water partition coefficient (Wildman–Crippen LogP) is -0.0952. The lowest BCUT2D eigenvalue weighted by Crippen LogP contribution is -2.53. The molecule has 8 nitrogen and oxygen atoms in total.